The van der Waals surface area contributed by atoms with Crippen molar-refractivity contribution in [2.24, 2.45) is 0 Å². The number of hydrogen-bond donors (Lipinski definition) is 2. The van der Waals surface area contributed by atoms with Gasteiger partial charge in [0.1, 0.15) is 5.75 Å². The van der Waals surface area contributed by atoms with Crippen LogP contribution < -0.4 is 20.3 Å². The fourth-order valence-corrected chi connectivity index (χ4v) is 3.89. The summed E-state index contributed by atoms with van der Waals surface area (Å²) in [6.45, 7) is 5.61. The van der Waals surface area contributed by atoms with Gasteiger partial charge in [-0.05, 0) is 42.2 Å². The molecule has 2 amide bonds. The van der Waals surface area contributed by atoms with E-state index in [0.29, 0.717) is 6.54 Å². The van der Waals surface area contributed by atoms with Gasteiger partial charge < -0.3 is 20.3 Å². The van der Waals surface area contributed by atoms with Gasteiger partial charge in [-0.15, -0.1) is 0 Å². The molecule has 6 heteroatoms. The van der Waals surface area contributed by atoms with Gasteiger partial charge in [0.05, 0.1) is 25.1 Å². The predicted octanol–water partition coefficient (Wildman–Crippen LogP) is 4.81. The van der Waals surface area contributed by atoms with Crippen LogP contribution in [0.15, 0.2) is 42.5 Å². The van der Waals surface area contributed by atoms with Gasteiger partial charge in [-0.3, -0.25) is 0 Å². The molecule has 2 aromatic carbocycles. The molecule has 2 unspecified atom stereocenters. The largest absolute Gasteiger partial charge is 0.497 e. The van der Waals surface area contributed by atoms with E-state index in [9.17, 15) is 10.1 Å². The van der Waals surface area contributed by atoms with Crippen molar-refractivity contribution in [3.63, 3.8) is 0 Å². The van der Waals surface area contributed by atoms with Crippen molar-refractivity contribution in [2.75, 3.05) is 30.4 Å². The number of hydrogen-bond acceptors (Lipinski definition) is 4. The van der Waals surface area contributed by atoms with Crippen molar-refractivity contribution in [1.82, 2.24) is 5.32 Å². The summed E-state index contributed by atoms with van der Waals surface area (Å²) in [5.74, 6) is 0.497. The number of fused-ring (bicyclic) bond motifs is 1. The lowest BCUT2D eigenvalue weighted by atomic mass is 9.91. The summed E-state index contributed by atoms with van der Waals surface area (Å²) < 4.78 is 5.41. The van der Waals surface area contributed by atoms with Crippen molar-refractivity contribution in [2.45, 2.75) is 38.6 Å². The Morgan fingerprint density at radius 2 is 2.03 bits per heavy atom. The standard InChI is InChI=1S/C23H28N4O2/c1-4-11-25-23(28)26-17-8-6-7-16(13-17)22-20(15-24)19-10-9-18(29-3)14-21(19)27(22)12-5-2/h6-10,13-14,20,22H,4-5,11-12H2,1-3H3,(H2,25,26,28). The molecule has 0 spiro atoms. The minimum atomic E-state index is -0.286. The minimum absolute atomic E-state index is 0.109. The highest BCUT2D eigenvalue weighted by atomic mass is 16.5. The van der Waals surface area contributed by atoms with Gasteiger partial charge in [0.15, 0.2) is 0 Å². The van der Waals surface area contributed by atoms with Crippen LogP contribution in [0.25, 0.3) is 0 Å². The lowest BCUT2D eigenvalue weighted by Crippen LogP contribution is -2.30. The maximum atomic E-state index is 12.0. The highest BCUT2D eigenvalue weighted by Gasteiger charge is 2.39. The second-order valence-corrected chi connectivity index (χ2v) is 7.18. The lowest BCUT2D eigenvalue weighted by Gasteiger charge is -2.29. The second kappa shape index (κ2) is 9.33. The number of carbonyl (C=O) groups is 1. The summed E-state index contributed by atoms with van der Waals surface area (Å²) in [7, 11) is 1.65. The second-order valence-electron chi connectivity index (χ2n) is 7.18. The van der Waals surface area contributed by atoms with Gasteiger partial charge in [-0.1, -0.05) is 32.0 Å². The zero-order valence-corrected chi connectivity index (χ0v) is 17.2. The Morgan fingerprint density at radius 1 is 1.21 bits per heavy atom. The number of rotatable bonds is 7. The van der Waals surface area contributed by atoms with E-state index in [-0.39, 0.29) is 18.0 Å². The van der Waals surface area contributed by atoms with Crippen LogP contribution in [0.3, 0.4) is 0 Å². The van der Waals surface area contributed by atoms with Crippen LogP contribution in [-0.2, 0) is 0 Å². The third-order valence-electron chi connectivity index (χ3n) is 5.16. The average molecular weight is 393 g/mol. The summed E-state index contributed by atoms with van der Waals surface area (Å²) in [4.78, 5) is 14.3. The maximum absolute atomic E-state index is 12.0. The molecule has 0 saturated heterocycles. The summed E-state index contributed by atoms with van der Waals surface area (Å²) in [5, 5.41) is 15.7. The van der Waals surface area contributed by atoms with E-state index in [1.807, 2.05) is 49.4 Å². The fraction of sp³-hybridized carbons (Fsp3) is 0.391. The Bertz CT molecular complexity index is 906. The van der Waals surface area contributed by atoms with Crippen molar-refractivity contribution < 1.29 is 9.53 Å². The Morgan fingerprint density at radius 3 is 2.72 bits per heavy atom. The number of nitrogens with one attached hydrogen (secondary N) is 2. The number of benzene rings is 2. The zero-order chi connectivity index (χ0) is 20.8. The van der Waals surface area contributed by atoms with Gasteiger partial charge in [0.25, 0.3) is 0 Å². The molecule has 0 aliphatic carbocycles. The number of nitrogens with zero attached hydrogens (tertiary/aromatic N) is 2. The molecule has 6 nitrogen and oxygen atoms in total. The van der Waals surface area contributed by atoms with Crippen LogP contribution >= 0.6 is 0 Å². The van der Waals surface area contributed by atoms with Gasteiger partial charge in [-0.25, -0.2) is 4.79 Å². The smallest absolute Gasteiger partial charge is 0.319 e. The Hall–Kier alpha value is -3.20. The molecular formula is C23H28N4O2. The predicted molar refractivity (Wildman–Crippen MR) is 115 cm³/mol. The van der Waals surface area contributed by atoms with Crippen LogP contribution in [0.1, 0.15) is 49.8 Å². The van der Waals surface area contributed by atoms with E-state index in [1.165, 1.54) is 0 Å². The highest BCUT2D eigenvalue weighted by Crippen LogP contribution is 2.50. The van der Waals surface area contributed by atoms with Crippen LogP contribution in [-0.4, -0.2) is 26.2 Å². The number of anilines is 2. The summed E-state index contributed by atoms with van der Waals surface area (Å²) in [6.07, 6.45) is 1.84. The van der Waals surface area contributed by atoms with E-state index >= 15 is 0 Å². The molecule has 0 fully saturated rings. The molecule has 0 bridgehead atoms. The van der Waals surface area contributed by atoms with Crippen LogP contribution in [0.5, 0.6) is 5.75 Å². The number of carbonyl (C=O) groups excluding carboxylic acids is 1. The van der Waals surface area contributed by atoms with E-state index in [2.05, 4.69) is 28.5 Å². The first-order chi connectivity index (χ1) is 14.1. The number of methoxy groups -OCH3 is 1. The first-order valence-electron chi connectivity index (χ1n) is 10.1. The van der Waals surface area contributed by atoms with Gasteiger partial charge in [-0.2, -0.15) is 5.26 Å². The molecule has 3 rings (SSSR count). The molecule has 0 aromatic heterocycles. The maximum Gasteiger partial charge on any atom is 0.319 e. The third kappa shape index (κ3) is 4.29. The van der Waals surface area contributed by atoms with Crippen molar-refractivity contribution in [1.29, 1.82) is 5.26 Å². The monoisotopic (exact) mass is 392 g/mol. The van der Waals surface area contributed by atoms with E-state index < -0.39 is 0 Å². The molecule has 1 heterocycles. The molecule has 0 saturated carbocycles. The number of urea groups is 1. The molecule has 152 valence electrons. The Kier molecular flexibility index (Phi) is 6.61. The highest BCUT2D eigenvalue weighted by molar-refractivity contribution is 5.89. The number of nitriles is 1. The van der Waals surface area contributed by atoms with Gasteiger partial charge in [0, 0.05) is 30.5 Å². The van der Waals surface area contributed by atoms with Crippen molar-refractivity contribution >= 4 is 17.4 Å². The molecule has 2 N–H and O–H groups in total. The van der Waals surface area contributed by atoms with Crippen molar-refractivity contribution in [3.05, 3.63) is 53.6 Å². The topological polar surface area (TPSA) is 77.4 Å². The average Bonchev–Trinajstić information content (AvgIpc) is 3.05. The Balaban J connectivity index is 1.95. The summed E-state index contributed by atoms with van der Waals surface area (Å²) in [6, 6.07) is 15.9. The van der Waals surface area contributed by atoms with Crippen molar-refractivity contribution in [3.8, 4) is 11.8 Å². The fourth-order valence-electron chi connectivity index (χ4n) is 3.89. The SMILES string of the molecule is CCCNC(=O)Nc1cccc(C2C(C#N)c3ccc(OC)cc3N2CCC)c1. The molecular weight excluding hydrogens is 364 g/mol. The van der Waals surface area contributed by atoms with Crippen LogP contribution in [0.4, 0.5) is 16.2 Å². The normalized spacial score (nSPS) is 17.4. The summed E-state index contributed by atoms with van der Waals surface area (Å²) in [5.41, 5.74) is 3.79. The quantitative estimate of drug-likeness (QED) is 0.709. The Labute approximate surface area is 172 Å². The van der Waals surface area contributed by atoms with Gasteiger partial charge in [0.2, 0.25) is 0 Å². The molecule has 2 aromatic rings. The van der Waals surface area contributed by atoms with E-state index in [0.717, 1.165) is 47.6 Å². The molecule has 29 heavy (non-hydrogen) atoms. The molecule has 0 radical (unpaired) electrons. The van der Waals surface area contributed by atoms with E-state index in [4.69, 9.17) is 4.74 Å². The zero-order valence-electron chi connectivity index (χ0n) is 17.2. The summed E-state index contributed by atoms with van der Waals surface area (Å²) >= 11 is 0. The van der Waals surface area contributed by atoms with Crippen LogP contribution in [0, 0.1) is 11.3 Å². The first-order valence-corrected chi connectivity index (χ1v) is 10.1. The van der Waals surface area contributed by atoms with E-state index in [1.54, 1.807) is 7.11 Å². The molecule has 1 aliphatic rings. The molecule has 1 aliphatic heterocycles. The number of amides is 2. The first kappa shape index (κ1) is 20.5. The minimum Gasteiger partial charge on any atom is -0.497 e. The molecule has 2 atom stereocenters. The van der Waals surface area contributed by atoms with Crippen LogP contribution in [0.2, 0.25) is 0 Å². The number of ether oxygens (including phenoxy) is 1. The van der Waals surface area contributed by atoms with Gasteiger partial charge >= 0.3 is 6.03 Å². The third-order valence-corrected chi connectivity index (χ3v) is 5.16. The lowest BCUT2D eigenvalue weighted by molar-refractivity contribution is 0.252.